The zero-order valence-corrected chi connectivity index (χ0v) is 13.3. The van der Waals surface area contributed by atoms with E-state index in [2.05, 4.69) is 45.0 Å². The van der Waals surface area contributed by atoms with E-state index in [1.807, 2.05) is 0 Å². The Hall–Kier alpha value is -0.0800. The van der Waals surface area contributed by atoms with Crippen LogP contribution in [0.1, 0.15) is 66.2 Å². The van der Waals surface area contributed by atoms with Crippen LogP contribution in [-0.4, -0.2) is 37.1 Å². The van der Waals surface area contributed by atoms with Crippen molar-refractivity contribution < 1.29 is 0 Å². The number of hydrogen-bond donors (Lipinski definition) is 1. The molecule has 0 aromatic rings. The first-order valence-corrected chi connectivity index (χ1v) is 7.87. The zero-order valence-electron chi connectivity index (χ0n) is 13.3. The maximum atomic E-state index is 3.73. The number of rotatable bonds is 4. The van der Waals surface area contributed by atoms with E-state index in [0.29, 0.717) is 11.5 Å². The van der Waals surface area contributed by atoms with Crippen molar-refractivity contribution in [2.75, 3.05) is 20.1 Å². The number of nitrogens with one attached hydrogen (secondary N) is 1. The molecule has 0 radical (unpaired) electrons. The van der Waals surface area contributed by atoms with Gasteiger partial charge in [-0.15, -0.1) is 0 Å². The van der Waals surface area contributed by atoms with Crippen molar-refractivity contribution in [1.29, 1.82) is 0 Å². The molecule has 0 spiro atoms. The SMILES string of the molecule is CCNC1CCCCCCC1N(C)CC(C)(C)C. The molecule has 0 bridgehead atoms. The molecule has 0 aromatic carbocycles. The molecule has 0 aliphatic heterocycles. The van der Waals surface area contributed by atoms with Crippen LogP contribution < -0.4 is 5.32 Å². The van der Waals surface area contributed by atoms with E-state index >= 15 is 0 Å². The van der Waals surface area contributed by atoms with Gasteiger partial charge in [-0.2, -0.15) is 0 Å². The van der Waals surface area contributed by atoms with Gasteiger partial charge in [0.2, 0.25) is 0 Å². The average molecular weight is 254 g/mol. The van der Waals surface area contributed by atoms with Gasteiger partial charge in [0.25, 0.3) is 0 Å². The molecule has 2 nitrogen and oxygen atoms in total. The molecule has 2 atom stereocenters. The fourth-order valence-electron chi connectivity index (χ4n) is 3.36. The Kier molecular flexibility index (Phi) is 6.65. The van der Waals surface area contributed by atoms with Gasteiger partial charge in [0, 0.05) is 18.6 Å². The molecular weight excluding hydrogens is 220 g/mol. The minimum Gasteiger partial charge on any atom is -0.313 e. The Labute approximate surface area is 115 Å². The molecule has 1 rings (SSSR count). The number of likely N-dealkylation sites (N-methyl/N-ethyl adjacent to an activating group) is 2. The number of hydrogen-bond acceptors (Lipinski definition) is 2. The van der Waals surface area contributed by atoms with E-state index in [0.717, 1.165) is 12.6 Å². The lowest BCUT2D eigenvalue weighted by Gasteiger charge is -2.39. The third kappa shape index (κ3) is 5.71. The molecule has 2 heteroatoms. The molecule has 0 amide bonds. The highest BCUT2D eigenvalue weighted by Gasteiger charge is 2.27. The van der Waals surface area contributed by atoms with Gasteiger partial charge in [-0.1, -0.05) is 53.4 Å². The van der Waals surface area contributed by atoms with Crippen LogP contribution in [0.25, 0.3) is 0 Å². The van der Waals surface area contributed by atoms with Gasteiger partial charge in [-0.3, -0.25) is 0 Å². The molecule has 18 heavy (non-hydrogen) atoms. The predicted molar refractivity (Wildman–Crippen MR) is 81.0 cm³/mol. The van der Waals surface area contributed by atoms with Gasteiger partial charge in [0.05, 0.1) is 0 Å². The molecule has 1 aliphatic carbocycles. The molecule has 0 aromatic heterocycles. The monoisotopic (exact) mass is 254 g/mol. The van der Waals surface area contributed by atoms with Gasteiger partial charge in [-0.05, 0) is 31.8 Å². The van der Waals surface area contributed by atoms with Gasteiger partial charge < -0.3 is 10.2 Å². The molecule has 2 unspecified atom stereocenters. The Morgan fingerprint density at radius 2 is 1.67 bits per heavy atom. The van der Waals surface area contributed by atoms with Crippen LogP contribution in [0.5, 0.6) is 0 Å². The first-order chi connectivity index (χ1) is 8.44. The molecule has 0 saturated heterocycles. The molecule has 1 saturated carbocycles. The second kappa shape index (κ2) is 7.49. The molecule has 1 fully saturated rings. The van der Waals surface area contributed by atoms with Crippen LogP contribution >= 0.6 is 0 Å². The maximum absolute atomic E-state index is 3.73. The normalized spacial score (nSPS) is 27.0. The summed E-state index contributed by atoms with van der Waals surface area (Å²) in [7, 11) is 2.32. The fraction of sp³-hybridized carbons (Fsp3) is 1.00. The van der Waals surface area contributed by atoms with E-state index in [1.165, 1.54) is 45.1 Å². The van der Waals surface area contributed by atoms with Crippen molar-refractivity contribution >= 4 is 0 Å². The first-order valence-electron chi connectivity index (χ1n) is 7.87. The lowest BCUT2D eigenvalue weighted by molar-refractivity contribution is 0.123. The smallest absolute Gasteiger partial charge is 0.0246 e. The third-order valence-corrected chi connectivity index (χ3v) is 3.99. The van der Waals surface area contributed by atoms with E-state index in [4.69, 9.17) is 0 Å². The summed E-state index contributed by atoms with van der Waals surface area (Å²) in [6, 6.07) is 1.42. The molecule has 1 aliphatic rings. The quantitative estimate of drug-likeness (QED) is 0.823. The van der Waals surface area contributed by atoms with Crippen LogP contribution in [0.4, 0.5) is 0 Å². The topological polar surface area (TPSA) is 15.3 Å². The Morgan fingerprint density at radius 3 is 2.22 bits per heavy atom. The van der Waals surface area contributed by atoms with E-state index < -0.39 is 0 Å². The van der Waals surface area contributed by atoms with E-state index in [9.17, 15) is 0 Å². The minimum absolute atomic E-state index is 0.397. The summed E-state index contributed by atoms with van der Waals surface area (Å²) in [6.45, 7) is 11.6. The van der Waals surface area contributed by atoms with Crippen LogP contribution in [-0.2, 0) is 0 Å². The molecule has 0 heterocycles. The van der Waals surface area contributed by atoms with Crippen molar-refractivity contribution in [3.8, 4) is 0 Å². The third-order valence-electron chi connectivity index (χ3n) is 3.99. The van der Waals surface area contributed by atoms with Crippen LogP contribution in [0.15, 0.2) is 0 Å². The predicted octanol–water partition coefficient (Wildman–Crippen LogP) is 3.67. The van der Waals surface area contributed by atoms with Gasteiger partial charge in [0.15, 0.2) is 0 Å². The first kappa shape index (κ1) is 16.0. The van der Waals surface area contributed by atoms with Crippen molar-refractivity contribution in [2.45, 2.75) is 78.3 Å². The van der Waals surface area contributed by atoms with Crippen molar-refractivity contribution in [1.82, 2.24) is 10.2 Å². The van der Waals surface area contributed by atoms with Crippen LogP contribution in [0, 0.1) is 5.41 Å². The van der Waals surface area contributed by atoms with Crippen molar-refractivity contribution in [3.63, 3.8) is 0 Å². The maximum Gasteiger partial charge on any atom is 0.0246 e. The van der Waals surface area contributed by atoms with Crippen LogP contribution in [0.2, 0.25) is 0 Å². The van der Waals surface area contributed by atoms with Gasteiger partial charge in [-0.25, -0.2) is 0 Å². The summed E-state index contributed by atoms with van der Waals surface area (Å²) in [6.07, 6.45) is 8.38. The van der Waals surface area contributed by atoms with Crippen LogP contribution in [0.3, 0.4) is 0 Å². The Morgan fingerprint density at radius 1 is 1.06 bits per heavy atom. The molecule has 108 valence electrons. The largest absolute Gasteiger partial charge is 0.313 e. The summed E-state index contributed by atoms with van der Waals surface area (Å²) in [4.78, 5) is 2.61. The highest BCUT2D eigenvalue weighted by atomic mass is 15.2. The summed E-state index contributed by atoms with van der Waals surface area (Å²) in [5, 5.41) is 3.73. The number of nitrogens with zero attached hydrogens (tertiary/aromatic N) is 1. The average Bonchev–Trinajstić information content (AvgIpc) is 2.19. The summed E-state index contributed by atoms with van der Waals surface area (Å²) in [5.41, 5.74) is 0.397. The van der Waals surface area contributed by atoms with Crippen molar-refractivity contribution in [2.24, 2.45) is 5.41 Å². The zero-order chi connectivity index (χ0) is 13.6. The highest BCUT2D eigenvalue weighted by molar-refractivity contribution is 4.86. The lowest BCUT2D eigenvalue weighted by atomic mass is 9.89. The molecular formula is C16H34N2. The van der Waals surface area contributed by atoms with Gasteiger partial charge in [0.1, 0.15) is 0 Å². The van der Waals surface area contributed by atoms with Crippen molar-refractivity contribution in [3.05, 3.63) is 0 Å². The minimum atomic E-state index is 0.397. The highest BCUT2D eigenvalue weighted by Crippen LogP contribution is 2.24. The summed E-state index contributed by atoms with van der Waals surface area (Å²) >= 11 is 0. The summed E-state index contributed by atoms with van der Waals surface area (Å²) in [5.74, 6) is 0. The lowest BCUT2D eigenvalue weighted by Crippen LogP contribution is -2.51. The Balaban J connectivity index is 2.64. The fourth-order valence-corrected chi connectivity index (χ4v) is 3.36. The summed E-state index contributed by atoms with van der Waals surface area (Å²) < 4.78 is 0. The van der Waals surface area contributed by atoms with Gasteiger partial charge >= 0.3 is 0 Å². The van der Waals surface area contributed by atoms with E-state index in [1.54, 1.807) is 0 Å². The molecule has 1 N–H and O–H groups in total. The Bertz CT molecular complexity index is 220. The van der Waals surface area contributed by atoms with E-state index in [-0.39, 0.29) is 0 Å². The second-order valence-electron chi connectivity index (χ2n) is 7.20. The second-order valence-corrected chi connectivity index (χ2v) is 7.20. The standard InChI is InChI=1S/C16H34N2/c1-6-17-14-11-9-7-8-10-12-15(14)18(5)13-16(2,3)4/h14-15,17H,6-13H2,1-5H3.